The summed E-state index contributed by atoms with van der Waals surface area (Å²) in [4.78, 5) is 19.4. The predicted octanol–water partition coefficient (Wildman–Crippen LogP) is 5.21. The first-order chi connectivity index (χ1) is 16.9. The molecule has 0 aromatic heterocycles. The SMILES string of the molecule is CCOC(=O)c1ccc(N2CCN(CC3=C(c4ccc(Cl)cc4)CCC4(C3)CN(C)C4)CC2)cc1. The fourth-order valence-corrected chi connectivity index (χ4v) is 6.32. The van der Waals surface area contributed by atoms with E-state index in [1.54, 1.807) is 11.1 Å². The number of hydrogen-bond donors (Lipinski definition) is 0. The summed E-state index contributed by atoms with van der Waals surface area (Å²) < 4.78 is 5.11. The number of likely N-dealkylation sites (tertiary alicyclic amines) is 1. The fraction of sp³-hybridized carbons (Fsp3) is 0.483. The van der Waals surface area contributed by atoms with Crippen molar-refractivity contribution in [1.82, 2.24) is 9.80 Å². The van der Waals surface area contributed by atoms with Crippen LogP contribution in [0.2, 0.25) is 5.02 Å². The number of allylic oxidation sites excluding steroid dienone is 1. The Balaban J connectivity index is 1.25. The Bertz CT molecular complexity index is 1070. The van der Waals surface area contributed by atoms with Crippen molar-refractivity contribution in [3.05, 3.63) is 70.3 Å². The predicted molar refractivity (Wildman–Crippen MR) is 143 cm³/mol. The third-order valence-electron chi connectivity index (χ3n) is 7.85. The van der Waals surface area contributed by atoms with Gasteiger partial charge in [-0.3, -0.25) is 4.90 Å². The lowest BCUT2D eigenvalue weighted by Crippen LogP contribution is -2.55. The highest BCUT2D eigenvalue weighted by Crippen LogP contribution is 2.48. The van der Waals surface area contributed by atoms with Crippen molar-refractivity contribution >= 4 is 28.8 Å². The second-order valence-corrected chi connectivity index (χ2v) is 10.9. The van der Waals surface area contributed by atoms with Gasteiger partial charge < -0.3 is 14.5 Å². The maximum atomic E-state index is 11.9. The molecule has 2 aliphatic heterocycles. The van der Waals surface area contributed by atoms with E-state index in [1.807, 2.05) is 43.3 Å². The molecule has 5 rings (SSSR count). The summed E-state index contributed by atoms with van der Waals surface area (Å²) in [6.07, 6.45) is 3.66. The van der Waals surface area contributed by atoms with Crippen molar-refractivity contribution in [3.63, 3.8) is 0 Å². The van der Waals surface area contributed by atoms with E-state index in [-0.39, 0.29) is 5.97 Å². The number of nitrogens with zero attached hydrogens (tertiary/aromatic N) is 3. The van der Waals surface area contributed by atoms with E-state index < -0.39 is 0 Å². The average molecular weight is 494 g/mol. The smallest absolute Gasteiger partial charge is 0.338 e. The van der Waals surface area contributed by atoms with Crippen LogP contribution in [0.1, 0.15) is 42.1 Å². The Hall–Kier alpha value is -2.34. The molecule has 2 aromatic carbocycles. The lowest BCUT2D eigenvalue weighted by molar-refractivity contribution is 0.0112. The third kappa shape index (κ3) is 5.42. The topological polar surface area (TPSA) is 36.0 Å². The zero-order valence-electron chi connectivity index (χ0n) is 20.9. The summed E-state index contributed by atoms with van der Waals surface area (Å²) in [5, 5.41) is 0.801. The largest absolute Gasteiger partial charge is 0.462 e. The number of halogens is 1. The Morgan fingerprint density at radius 2 is 1.69 bits per heavy atom. The molecule has 2 fully saturated rings. The lowest BCUT2D eigenvalue weighted by atomic mass is 9.66. The number of rotatable bonds is 6. The number of carbonyl (C=O) groups excluding carboxylic acids is 1. The highest BCUT2D eigenvalue weighted by Gasteiger charge is 2.44. The molecule has 0 radical (unpaired) electrons. The Kier molecular flexibility index (Phi) is 7.19. The van der Waals surface area contributed by atoms with Gasteiger partial charge in [0.1, 0.15) is 0 Å². The Labute approximate surface area is 214 Å². The molecule has 0 bridgehead atoms. The van der Waals surface area contributed by atoms with Crippen LogP contribution in [-0.4, -0.2) is 75.2 Å². The summed E-state index contributed by atoms with van der Waals surface area (Å²) in [5.74, 6) is -0.253. The molecule has 3 aliphatic rings. The average Bonchev–Trinajstić information content (AvgIpc) is 2.85. The first kappa shape index (κ1) is 24.4. The van der Waals surface area contributed by atoms with Crippen LogP contribution in [-0.2, 0) is 4.74 Å². The van der Waals surface area contributed by atoms with Crippen LogP contribution in [0.25, 0.3) is 5.57 Å². The lowest BCUT2D eigenvalue weighted by Gasteiger charge is -2.52. The van der Waals surface area contributed by atoms with Crippen LogP contribution in [0.3, 0.4) is 0 Å². The molecule has 0 saturated carbocycles. The summed E-state index contributed by atoms with van der Waals surface area (Å²) in [6, 6.07) is 16.3. The van der Waals surface area contributed by atoms with Crippen LogP contribution in [0.4, 0.5) is 5.69 Å². The Morgan fingerprint density at radius 1 is 1.00 bits per heavy atom. The zero-order chi connectivity index (χ0) is 24.4. The van der Waals surface area contributed by atoms with Crippen molar-refractivity contribution in [3.8, 4) is 0 Å². The second-order valence-electron chi connectivity index (χ2n) is 10.5. The Morgan fingerprint density at radius 3 is 2.31 bits per heavy atom. The highest BCUT2D eigenvalue weighted by molar-refractivity contribution is 6.30. The minimum absolute atomic E-state index is 0.253. The van der Waals surface area contributed by atoms with E-state index in [2.05, 4.69) is 33.9 Å². The second kappa shape index (κ2) is 10.3. The van der Waals surface area contributed by atoms with Gasteiger partial charge in [-0.15, -0.1) is 0 Å². The maximum Gasteiger partial charge on any atom is 0.338 e. The van der Waals surface area contributed by atoms with Gasteiger partial charge >= 0.3 is 5.97 Å². The van der Waals surface area contributed by atoms with E-state index in [4.69, 9.17) is 16.3 Å². The van der Waals surface area contributed by atoms with Gasteiger partial charge in [-0.25, -0.2) is 4.79 Å². The number of hydrogen-bond acceptors (Lipinski definition) is 5. The van der Waals surface area contributed by atoms with Crippen molar-refractivity contribution in [1.29, 1.82) is 0 Å². The number of ether oxygens (including phenoxy) is 1. The molecule has 2 heterocycles. The van der Waals surface area contributed by atoms with Crippen LogP contribution in [0.15, 0.2) is 54.1 Å². The molecule has 0 amide bonds. The molecule has 1 spiro atoms. The monoisotopic (exact) mass is 493 g/mol. The van der Waals surface area contributed by atoms with E-state index in [1.165, 1.54) is 37.2 Å². The zero-order valence-corrected chi connectivity index (χ0v) is 21.7. The minimum Gasteiger partial charge on any atom is -0.462 e. The molecule has 2 aromatic rings. The van der Waals surface area contributed by atoms with Gasteiger partial charge in [-0.2, -0.15) is 0 Å². The molecule has 186 valence electrons. The number of anilines is 1. The summed E-state index contributed by atoms with van der Waals surface area (Å²) in [5.41, 5.74) is 6.77. The van der Waals surface area contributed by atoms with Crippen molar-refractivity contribution in [2.24, 2.45) is 5.41 Å². The first-order valence-electron chi connectivity index (χ1n) is 12.8. The van der Waals surface area contributed by atoms with Gasteiger partial charge in [-0.1, -0.05) is 29.3 Å². The molecule has 0 unspecified atom stereocenters. The van der Waals surface area contributed by atoms with Gasteiger partial charge in [0, 0.05) is 56.5 Å². The van der Waals surface area contributed by atoms with Crippen molar-refractivity contribution in [2.75, 3.05) is 64.4 Å². The molecule has 5 nitrogen and oxygen atoms in total. The van der Waals surface area contributed by atoms with E-state index >= 15 is 0 Å². The molecule has 1 aliphatic carbocycles. The van der Waals surface area contributed by atoms with Crippen LogP contribution >= 0.6 is 11.6 Å². The molecule has 35 heavy (non-hydrogen) atoms. The molecular formula is C29H36ClN3O2. The van der Waals surface area contributed by atoms with Gasteiger partial charge in [0.05, 0.1) is 12.2 Å². The molecule has 2 saturated heterocycles. The van der Waals surface area contributed by atoms with E-state index in [0.717, 1.165) is 44.2 Å². The van der Waals surface area contributed by atoms with Crippen LogP contribution < -0.4 is 4.90 Å². The first-order valence-corrected chi connectivity index (χ1v) is 13.2. The number of piperazine rings is 1. The third-order valence-corrected chi connectivity index (χ3v) is 8.11. The normalized spacial score (nSPS) is 20.7. The van der Waals surface area contributed by atoms with Crippen LogP contribution in [0.5, 0.6) is 0 Å². The molecule has 0 N–H and O–H groups in total. The number of carbonyl (C=O) groups is 1. The van der Waals surface area contributed by atoms with Gasteiger partial charge in [0.15, 0.2) is 0 Å². The quantitative estimate of drug-likeness (QED) is 0.516. The van der Waals surface area contributed by atoms with Gasteiger partial charge in [0.2, 0.25) is 0 Å². The van der Waals surface area contributed by atoms with Crippen molar-refractivity contribution < 1.29 is 9.53 Å². The number of benzene rings is 2. The molecular weight excluding hydrogens is 458 g/mol. The standard InChI is InChI=1S/C29H36ClN3O2/c1-3-35-28(34)23-6-10-26(11-7-23)33-16-14-32(15-17-33)19-24-18-29(20-31(2)21-29)13-12-27(24)22-4-8-25(30)9-5-22/h4-11H,3,12-21H2,1-2H3. The summed E-state index contributed by atoms with van der Waals surface area (Å²) >= 11 is 6.18. The van der Waals surface area contributed by atoms with Gasteiger partial charge in [-0.05, 0) is 86.2 Å². The summed E-state index contributed by atoms with van der Waals surface area (Å²) in [7, 11) is 2.24. The van der Waals surface area contributed by atoms with Crippen molar-refractivity contribution in [2.45, 2.75) is 26.2 Å². The number of esters is 1. The molecule has 6 heteroatoms. The van der Waals surface area contributed by atoms with Crippen LogP contribution in [0, 0.1) is 5.41 Å². The maximum absolute atomic E-state index is 11.9. The fourth-order valence-electron chi connectivity index (χ4n) is 6.19. The van der Waals surface area contributed by atoms with E-state index in [0.29, 0.717) is 17.6 Å². The van der Waals surface area contributed by atoms with E-state index in [9.17, 15) is 4.79 Å². The highest BCUT2D eigenvalue weighted by atomic mass is 35.5. The molecule has 0 atom stereocenters. The van der Waals surface area contributed by atoms with Gasteiger partial charge in [0.25, 0.3) is 0 Å². The summed E-state index contributed by atoms with van der Waals surface area (Å²) in [6.45, 7) is 9.81. The minimum atomic E-state index is -0.253.